The maximum Gasteiger partial charge on any atom is 0.123 e. The minimum absolute atomic E-state index is 0.445. The molecule has 0 bridgehead atoms. The van der Waals surface area contributed by atoms with Crippen molar-refractivity contribution in [2.45, 2.75) is 27.3 Å². The molecule has 2 nitrogen and oxygen atoms in total. The number of hydrogen-bond donors (Lipinski definition) is 1. The summed E-state index contributed by atoms with van der Waals surface area (Å²) in [7, 11) is 0. The largest absolute Gasteiger partial charge is 0.507 e. The zero-order valence-electron chi connectivity index (χ0n) is 10.7. The van der Waals surface area contributed by atoms with E-state index in [9.17, 15) is 5.11 Å². The van der Waals surface area contributed by atoms with Crippen LogP contribution in [0.5, 0.6) is 5.75 Å². The Labute approximate surface area is 112 Å². The molecule has 94 valence electrons. The fourth-order valence-electron chi connectivity index (χ4n) is 2.54. The van der Waals surface area contributed by atoms with Crippen molar-refractivity contribution in [1.82, 2.24) is 4.90 Å². The van der Waals surface area contributed by atoms with E-state index in [1.165, 1.54) is 0 Å². The summed E-state index contributed by atoms with van der Waals surface area (Å²) in [5, 5.41) is 10.1. The van der Waals surface area contributed by atoms with Crippen molar-refractivity contribution >= 4 is 15.9 Å². The van der Waals surface area contributed by atoms with Crippen LogP contribution in [0.3, 0.4) is 0 Å². The molecule has 2 rings (SSSR count). The summed E-state index contributed by atoms with van der Waals surface area (Å²) in [6.45, 7) is 9.66. The molecule has 0 radical (unpaired) electrons. The van der Waals surface area contributed by atoms with Crippen LogP contribution in [0.15, 0.2) is 16.6 Å². The van der Waals surface area contributed by atoms with Crippen molar-refractivity contribution in [1.29, 1.82) is 0 Å². The van der Waals surface area contributed by atoms with Gasteiger partial charge in [0.25, 0.3) is 0 Å². The SMILES string of the molecule is Cc1cc(Br)cc(CN2CC(C)C(C)C2)c1O. The molecule has 2 atom stereocenters. The molecule has 1 aromatic carbocycles. The van der Waals surface area contributed by atoms with Crippen molar-refractivity contribution in [2.75, 3.05) is 13.1 Å². The van der Waals surface area contributed by atoms with E-state index >= 15 is 0 Å². The van der Waals surface area contributed by atoms with E-state index < -0.39 is 0 Å². The molecule has 1 saturated heterocycles. The summed E-state index contributed by atoms with van der Waals surface area (Å²) in [5.41, 5.74) is 1.97. The topological polar surface area (TPSA) is 23.5 Å². The Morgan fingerprint density at radius 3 is 2.47 bits per heavy atom. The lowest BCUT2D eigenvalue weighted by Crippen LogP contribution is -2.20. The van der Waals surface area contributed by atoms with Crippen molar-refractivity contribution in [2.24, 2.45) is 11.8 Å². The van der Waals surface area contributed by atoms with Crippen LogP contribution in [0.1, 0.15) is 25.0 Å². The minimum Gasteiger partial charge on any atom is -0.507 e. The number of aryl methyl sites for hydroxylation is 1. The fourth-order valence-corrected chi connectivity index (χ4v) is 3.16. The van der Waals surface area contributed by atoms with Crippen LogP contribution in [-0.2, 0) is 6.54 Å². The minimum atomic E-state index is 0.445. The third-order valence-electron chi connectivity index (χ3n) is 3.80. The van der Waals surface area contributed by atoms with Crippen molar-refractivity contribution in [3.8, 4) is 5.75 Å². The molecule has 0 saturated carbocycles. The molecule has 1 aliphatic rings. The van der Waals surface area contributed by atoms with E-state index in [-0.39, 0.29) is 0 Å². The summed E-state index contributed by atoms with van der Waals surface area (Å²) < 4.78 is 1.04. The zero-order chi connectivity index (χ0) is 12.6. The maximum atomic E-state index is 10.1. The number of rotatable bonds is 2. The van der Waals surface area contributed by atoms with E-state index in [2.05, 4.69) is 34.7 Å². The molecule has 1 aliphatic heterocycles. The molecule has 3 heteroatoms. The van der Waals surface area contributed by atoms with E-state index in [1.807, 2.05) is 19.1 Å². The summed E-state index contributed by atoms with van der Waals surface area (Å²) in [6.07, 6.45) is 0. The third kappa shape index (κ3) is 2.83. The Morgan fingerprint density at radius 1 is 1.29 bits per heavy atom. The molecule has 1 N–H and O–H groups in total. The first-order valence-corrected chi connectivity index (χ1v) is 6.97. The highest BCUT2D eigenvalue weighted by Crippen LogP contribution is 2.30. The number of phenolic OH excluding ortho intramolecular Hbond substituents is 1. The lowest BCUT2D eigenvalue weighted by atomic mass is 10.0. The molecule has 17 heavy (non-hydrogen) atoms. The van der Waals surface area contributed by atoms with E-state index in [1.54, 1.807) is 0 Å². The highest BCUT2D eigenvalue weighted by Gasteiger charge is 2.26. The molecular weight excluding hydrogens is 278 g/mol. The quantitative estimate of drug-likeness (QED) is 0.902. The van der Waals surface area contributed by atoms with Crippen LogP contribution < -0.4 is 0 Å². The van der Waals surface area contributed by atoms with Crippen LogP contribution in [0.4, 0.5) is 0 Å². The summed E-state index contributed by atoms with van der Waals surface area (Å²) in [5.74, 6) is 1.95. The highest BCUT2D eigenvalue weighted by atomic mass is 79.9. The number of halogens is 1. The van der Waals surface area contributed by atoms with Crippen molar-refractivity contribution in [3.63, 3.8) is 0 Å². The van der Waals surface area contributed by atoms with Gasteiger partial charge in [0.05, 0.1) is 0 Å². The summed E-state index contributed by atoms with van der Waals surface area (Å²) >= 11 is 3.49. The van der Waals surface area contributed by atoms with Gasteiger partial charge in [0.2, 0.25) is 0 Å². The molecule has 0 aliphatic carbocycles. The molecule has 0 aromatic heterocycles. The molecule has 0 spiro atoms. The van der Waals surface area contributed by atoms with Gasteiger partial charge >= 0.3 is 0 Å². The highest BCUT2D eigenvalue weighted by molar-refractivity contribution is 9.10. The van der Waals surface area contributed by atoms with Gasteiger partial charge in [-0.15, -0.1) is 0 Å². The maximum absolute atomic E-state index is 10.1. The Balaban J connectivity index is 2.14. The summed E-state index contributed by atoms with van der Waals surface area (Å²) in [6, 6.07) is 3.98. The number of likely N-dealkylation sites (tertiary alicyclic amines) is 1. The number of nitrogens with zero attached hydrogens (tertiary/aromatic N) is 1. The predicted octanol–water partition coefficient (Wildman–Crippen LogP) is 3.55. The number of aromatic hydroxyl groups is 1. The summed E-state index contributed by atoms with van der Waals surface area (Å²) in [4.78, 5) is 2.43. The monoisotopic (exact) mass is 297 g/mol. The Kier molecular flexibility index (Phi) is 3.79. The molecule has 1 aromatic rings. The average Bonchev–Trinajstić information content (AvgIpc) is 2.54. The second-order valence-electron chi connectivity index (χ2n) is 5.38. The first-order chi connectivity index (χ1) is 7.97. The van der Waals surface area contributed by atoms with Gasteiger partial charge in [0, 0.05) is 29.7 Å². The van der Waals surface area contributed by atoms with E-state index in [4.69, 9.17) is 0 Å². The lowest BCUT2D eigenvalue weighted by molar-refractivity contribution is 0.309. The van der Waals surface area contributed by atoms with Gasteiger partial charge in [-0.3, -0.25) is 4.90 Å². The second kappa shape index (κ2) is 4.99. The van der Waals surface area contributed by atoms with Crippen LogP contribution in [0, 0.1) is 18.8 Å². The smallest absolute Gasteiger partial charge is 0.123 e. The van der Waals surface area contributed by atoms with Crippen molar-refractivity contribution in [3.05, 3.63) is 27.7 Å². The molecule has 0 amide bonds. The van der Waals surface area contributed by atoms with Gasteiger partial charge < -0.3 is 5.11 Å². The molecular formula is C14H20BrNO. The first kappa shape index (κ1) is 12.9. The molecule has 1 fully saturated rings. The third-order valence-corrected chi connectivity index (χ3v) is 4.26. The molecule has 2 unspecified atom stereocenters. The van der Waals surface area contributed by atoms with Crippen LogP contribution in [0.2, 0.25) is 0 Å². The predicted molar refractivity (Wildman–Crippen MR) is 74.1 cm³/mol. The van der Waals surface area contributed by atoms with Crippen LogP contribution >= 0.6 is 15.9 Å². The number of hydrogen-bond acceptors (Lipinski definition) is 2. The van der Waals surface area contributed by atoms with Gasteiger partial charge in [0.15, 0.2) is 0 Å². The van der Waals surface area contributed by atoms with E-state index in [0.717, 1.165) is 47.1 Å². The zero-order valence-corrected chi connectivity index (χ0v) is 12.3. The first-order valence-electron chi connectivity index (χ1n) is 6.17. The average molecular weight is 298 g/mol. The second-order valence-corrected chi connectivity index (χ2v) is 6.29. The lowest BCUT2D eigenvalue weighted by Gasteiger charge is -2.17. The Morgan fingerprint density at radius 2 is 1.88 bits per heavy atom. The van der Waals surface area contributed by atoms with Crippen LogP contribution in [0.25, 0.3) is 0 Å². The number of phenols is 1. The van der Waals surface area contributed by atoms with Gasteiger partial charge in [0.1, 0.15) is 5.75 Å². The van der Waals surface area contributed by atoms with E-state index in [0.29, 0.717) is 5.75 Å². The fraction of sp³-hybridized carbons (Fsp3) is 0.571. The standard InChI is InChI=1S/C14H20BrNO/c1-9-4-13(15)5-12(14(9)17)8-16-6-10(2)11(3)7-16/h4-5,10-11,17H,6-8H2,1-3H3. The van der Waals surface area contributed by atoms with Crippen molar-refractivity contribution < 1.29 is 5.11 Å². The van der Waals surface area contributed by atoms with Gasteiger partial charge in [-0.2, -0.15) is 0 Å². The normalized spacial score (nSPS) is 25.4. The Bertz CT molecular complexity index is 409. The molecule has 1 heterocycles. The van der Waals surface area contributed by atoms with Gasteiger partial charge in [-0.05, 0) is 36.5 Å². The van der Waals surface area contributed by atoms with Gasteiger partial charge in [-0.25, -0.2) is 0 Å². The van der Waals surface area contributed by atoms with Crippen LogP contribution in [-0.4, -0.2) is 23.1 Å². The Hall–Kier alpha value is -0.540. The number of benzene rings is 1. The van der Waals surface area contributed by atoms with Gasteiger partial charge in [-0.1, -0.05) is 29.8 Å².